The Morgan fingerprint density at radius 2 is 1.63 bits per heavy atom. The topological polar surface area (TPSA) is 106 Å². The van der Waals surface area contributed by atoms with Crippen LogP contribution in [0.3, 0.4) is 0 Å². The van der Waals surface area contributed by atoms with Gasteiger partial charge in [-0.05, 0) is 24.3 Å². The number of rotatable bonds is 5. The Morgan fingerprint density at radius 3 is 2.41 bits per heavy atom. The fourth-order valence-corrected chi connectivity index (χ4v) is 2.40. The Morgan fingerprint density at radius 1 is 0.926 bits per heavy atom. The molecule has 3 rings (SSSR count). The van der Waals surface area contributed by atoms with Gasteiger partial charge >= 0.3 is 0 Å². The standard InChI is InChI=1S/C19H19N3O5/c23-17(10-11-20-18(24)13-6-2-1-3-7-13)21-22-19(25)16-12-26-14-8-4-5-9-15(14)27-16/h1-9,16H,10-12H2,(H,20,24)(H,21,23)(H,22,25). The van der Waals surface area contributed by atoms with Crippen LogP contribution in [0, 0.1) is 0 Å². The van der Waals surface area contributed by atoms with Gasteiger partial charge in [0.2, 0.25) is 12.0 Å². The SMILES string of the molecule is O=C(CCNC(=O)c1ccccc1)NNC(=O)C1COc2ccccc2O1. The predicted molar refractivity (Wildman–Crippen MR) is 96.0 cm³/mol. The summed E-state index contributed by atoms with van der Waals surface area (Å²) in [5.41, 5.74) is 5.10. The minimum absolute atomic E-state index is 0.0176. The van der Waals surface area contributed by atoms with Gasteiger partial charge in [-0.2, -0.15) is 0 Å². The van der Waals surface area contributed by atoms with E-state index in [4.69, 9.17) is 9.47 Å². The van der Waals surface area contributed by atoms with Crippen LogP contribution in [0.1, 0.15) is 16.8 Å². The zero-order valence-electron chi connectivity index (χ0n) is 14.4. The predicted octanol–water partition coefficient (Wildman–Crippen LogP) is 0.794. The molecular formula is C19H19N3O5. The molecule has 2 aromatic rings. The Labute approximate surface area is 155 Å². The minimum atomic E-state index is -0.863. The molecule has 1 aliphatic rings. The van der Waals surface area contributed by atoms with Crippen molar-refractivity contribution < 1.29 is 23.9 Å². The number of hydrogen-bond acceptors (Lipinski definition) is 5. The normalized spacial score (nSPS) is 14.7. The van der Waals surface area contributed by atoms with Crippen molar-refractivity contribution in [3.63, 3.8) is 0 Å². The van der Waals surface area contributed by atoms with Crippen LogP contribution in [0.4, 0.5) is 0 Å². The summed E-state index contributed by atoms with van der Waals surface area (Å²) in [7, 11) is 0. The van der Waals surface area contributed by atoms with E-state index in [9.17, 15) is 14.4 Å². The molecule has 0 aromatic heterocycles. The van der Waals surface area contributed by atoms with Gasteiger partial charge in [0.15, 0.2) is 11.5 Å². The van der Waals surface area contributed by atoms with Crippen LogP contribution in [-0.4, -0.2) is 37.0 Å². The third-order valence-corrected chi connectivity index (χ3v) is 3.80. The van der Waals surface area contributed by atoms with Crippen LogP contribution in [-0.2, 0) is 9.59 Å². The number of para-hydroxylation sites is 2. The highest BCUT2D eigenvalue weighted by Gasteiger charge is 2.27. The molecule has 8 heteroatoms. The van der Waals surface area contributed by atoms with Gasteiger partial charge in [0, 0.05) is 18.5 Å². The molecule has 1 heterocycles. The highest BCUT2D eigenvalue weighted by molar-refractivity contribution is 5.94. The van der Waals surface area contributed by atoms with Gasteiger partial charge < -0.3 is 14.8 Å². The molecule has 1 atom stereocenters. The largest absolute Gasteiger partial charge is 0.485 e. The first-order chi connectivity index (χ1) is 13.1. The van der Waals surface area contributed by atoms with Crippen molar-refractivity contribution in [2.75, 3.05) is 13.2 Å². The average Bonchev–Trinajstić information content (AvgIpc) is 2.72. The number of benzene rings is 2. The highest BCUT2D eigenvalue weighted by atomic mass is 16.6. The van der Waals surface area contributed by atoms with Crippen LogP contribution in [0.15, 0.2) is 54.6 Å². The number of hydrazine groups is 1. The summed E-state index contributed by atoms with van der Waals surface area (Å²) in [4.78, 5) is 35.7. The quantitative estimate of drug-likeness (QED) is 0.676. The monoisotopic (exact) mass is 369 g/mol. The van der Waals surface area contributed by atoms with Gasteiger partial charge in [-0.1, -0.05) is 30.3 Å². The van der Waals surface area contributed by atoms with E-state index in [1.54, 1.807) is 48.5 Å². The molecule has 0 saturated heterocycles. The van der Waals surface area contributed by atoms with Crippen molar-refractivity contribution in [3.8, 4) is 11.5 Å². The number of amides is 3. The number of carbonyl (C=O) groups excluding carboxylic acids is 3. The first-order valence-electron chi connectivity index (χ1n) is 8.44. The summed E-state index contributed by atoms with van der Waals surface area (Å²) in [6, 6.07) is 15.7. The van der Waals surface area contributed by atoms with Crippen LogP contribution in [0.25, 0.3) is 0 Å². The fourth-order valence-electron chi connectivity index (χ4n) is 2.40. The van der Waals surface area contributed by atoms with Crippen molar-refractivity contribution in [1.29, 1.82) is 0 Å². The van der Waals surface area contributed by atoms with E-state index in [0.29, 0.717) is 17.1 Å². The maximum Gasteiger partial charge on any atom is 0.283 e. The molecule has 0 aliphatic carbocycles. The lowest BCUT2D eigenvalue weighted by Gasteiger charge is -2.25. The van der Waals surface area contributed by atoms with Crippen molar-refractivity contribution in [1.82, 2.24) is 16.2 Å². The second kappa shape index (κ2) is 8.70. The summed E-state index contributed by atoms with van der Waals surface area (Å²) in [6.07, 6.45) is -0.845. The third-order valence-electron chi connectivity index (χ3n) is 3.80. The molecule has 1 aliphatic heterocycles. The van der Waals surface area contributed by atoms with Gasteiger partial charge in [0.05, 0.1) is 0 Å². The van der Waals surface area contributed by atoms with E-state index >= 15 is 0 Å². The summed E-state index contributed by atoms with van der Waals surface area (Å²) in [5.74, 6) is -0.183. The van der Waals surface area contributed by atoms with Gasteiger partial charge in [0.25, 0.3) is 11.8 Å². The molecule has 1 unspecified atom stereocenters. The van der Waals surface area contributed by atoms with E-state index in [1.807, 2.05) is 6.07 Å². The summed E-state index contributed by atoms with van der Waals surface area (Å²) in [5, 5.41) is 2.63. The molecule has 27 heavy (non-hydrogen) atoms. The second-order valence-corrected chi connectivity index (χ2v) is 5.77. The molecule has 0 radical (unpaired) electrons. The molecule has 2 aromatic carbocycles. The Kier molecular flexibility index (Phi) is 5.88. The average molecular weight is 369 g/mol. The molecule has 3 amide bonds. The van der Waals surface area contributed by atoms with E-state index < -0.39 is 17.9 Å². The lowest BCUT2D eigenvalue weighted by molar-refractivity contribution is -0.135. The van der Waals surface area contributed by atoms with Crippen molar-refractivity contribution in [2.24, 2.45) is 0 Å². The van der Waals surface area contributed by atoms with Crippen LogP contribution in [0.2, 0.25) is 0 Å². The van der Waals surface area contributed by atoms with E-state index in [2.05, 4.69) is 16.2 Å². The Bertz CT molecular complexity index is 825. The highest BCUT2D eigenvalue weighted by Crippen LogP contribution is 2.30. The smallest absolute Gasteiger partial charge is 0.283 e. The van der Waals surface area contributed by atoms with Crippen LogP contribution in [0.5, 0.6) is 11.5 Å². The number of hydrogen-bond donors (Lipinski definition) is 3. The molecule has 3 N–H and O–H groups in total. The number of nitrogens with one attached hydrogen (secondary N) is 3. The number of fused-ring (bicyclic) bond motifs is 1. The Hall–Kier alpha value is -3.55. The molecule has 8 nitrogen and oxygen atoms in total. The summed E-state index contributed by atoms with van der Waals surface area (Å²) < 4.78 is 11.0. The second-order valence-electron chi connectivity index (χ2n) is 5.77. The lowest BCUT2D eigenvalue weighted by atomic mass is 10.2. The first-order valence-corrected chi connectivity index (χ1v) is 8.44. The van der Waals surface area contributed by atoms with Crippen LogP contribution < -0.4 is 25.6 Å². The Balaban J connectivity index is 1.37. The van der Waals surface area contributed by atoms with Gasteiger partial charge in [0.1, 0.15) is 6.61 Å². The zero-order chi connectivity index (χ0) is 19.1. The van der Waals surface area contributed by atoms with Gasteiger partial charge in [-0.3, -0.25) is 25.2 Å². The zero-order valence-corrected chi connectivity index (χ0v) is 14.4. The van der Waals surface area contributed by atoms with Crippen molar-refractivity contribution in [2.45, 2.75) is 12.5 Å². The van der Waals surface area contributed by atoms with Gasteiger partial charge in [-0.15, -0.1) is 0 Å². The number of carbonyl (C=O) groups is 3. The molecule has 0 bridgehead atoms. The van der Waals surface area contributed by atoms with Gasteiger partial charge in [-0.25, -0.2) is 0 Å². The van der Waals surface area contributed by atoms with Crippen molar-refractivity contribution in [3.05, 3.63) is 60.2 Å². The molecule has 0 saturated carbocycles. The summed E-state index contributed by atoms with van der Waals surface area (Å²) >= 11 is 0. The molecule has 0 fully saturated rings. The third kappa shape index (κ3) is 4.97. The molecular weight excluding hydrogens is 350 g/mol. The van der Waals surface area contributed by atoms with Crippen molar-refractivity contribution >= 4 is 17.7 Å². The summed E-state index contributed by atoms with van der Waals surface area (Å²) in [6.45, 7) is 0.192. The number of ether oxygens (including phenoxy) is 2. The van der Waals surface area contributed by atoms with E-state index in [0.717, 1.165) is 0 Å². The first kappa shape index (κ1) is 18.2. The molecule has 0 spiro atoms. The van der Waals surface area contributed by atoms with E-state index in [-0.39, 0.29) is 25.5 Å². The fraction of sp³-hybridized carbons (Fsp3) is 0.211. The maximum atomic E-state index is 12.1. The minimum Gasteiger partial charge on any atom is -0.485 e. The van der Waals surface area contributed by atoms with E-state index in [1.165, 1.54) is 0 Å². The maximum absolute atomic E-state index is 12.1. The molecule has 140 valence electrons. The lowest BCUT2D eigenvalue weighted by Crippen LogP contribution is -2.51. The van der Waals surface area contributed by atoms with Crippen LogP contribution >= 0.6 is 0 Å².